The maximum absolute atomic E-state index is 3.79. The minimum absolute atomic E-state index is 0.598. The SMILES string of the molecule is CC(C)C(C)NC1CCCc2sc(I)cc21. The van der Waals surface area contributed by atoms with Gasteiger partial charge in [-0.05, 0) is 66.3 Å². The lowest BCUT2D eigenvalue weighted by Gasteiger charge is -2.28. The largest absolute Gasteiger partial charge is 0.307 e. The summed E-state index contributed by atoms with van der Waals surface area (Å²) in [5.74, 6) is 0.711. The van der Waals surface area contributed by atoms with Gasteiger partial charge >= 0.3 is 0 Å². The molecule has 0 saturated carbocycles. The van der Waals surface area contributed by atoms with E-state index in [9.17, 15) is 0 Å². The summed E-state index contributed by atoms with van der Waals surface area (Å²) in [5, 5.41) is 3.79. The van der Waals surface area contributed by atoms with Gasteiger partial charge in [-0.3, -0.25) is 0 Å². The van der Waals surface area contributed by atoms with Crippen molar-refractivity contribution >= 4 is 33.9 Å². The summed E-state index contributed by atoms with van der Waals surface area (Å²) in [6, 6.07) is 3.58. The van der Waals surface area contributed by atoms with Gasteiger partial charge in [-0.25, -0.2) is 0 Å². The van der Waals surface area contributed by atoms with Crippen molar-refractivity contribution in [1.82, 2.24) is 5.32 Å². The van der Waals surface area contributed by atoms with Gasteiger partial charge in [0.2, 0.25) is 0 Å². The normalized spacial score (nSPS) is 22.2. The van der Waals surface area contributed by atoms with E-state index in [1.807, 2.05) is 11.3 Å². The van der Waals surface area contributed by atoms with Gasteiger partial charge in [0, 0.05) is 17.0 Å². The molecule has 16 heavy (non-hydrogen) atoms. The van der Waals surface area contributed by atoms with Crippen LogP contribution in [0.4, 0.5) is 0 Å². The van der Waals surface area contributed by atoms with Crippen LogP contribution >= 0.6 is 33.9 Å². The fraction of sp³-hybridized carbons (Fsp3) is 0.692. The van der Waals surface area contributed by atoms with Crippen LogP contribution in [0.5, 0.6) is 0 Å². The second-order valence-electron chi connectivity index (χ2n) is 5.07. The van der Waals surface area contributed by atoms with E-state index in [2.05, 4.69) is 54.7 Å². The highest BCUT2D eigenvalue weighted by Crippen LogP contribution is 2.36. The molecule has 0 amide bonds. The highest BCUT2D eigenvalue weighted by atomic mass is 127. The van der Waals surface area contributed by atoms with Crippen molar-refractivity contribution < 1.29 is 0 Å². The Kier molecular flexibility index (Phi) is 4.30. The van der Waals surface area contributed by atoms with Gasteiger partial charge in [0.25, 0.3) is 0 Å². The van der Waals surface area contributed by atoms with Crippen molar-refractivity contribution in [2.24, 2.45) is 5.92 Å². The zero-order valence-corrected chi connectivity index (χ0v) is 13.2. The molecule has 2 rings (SSSR count). The Balaban J connectivity index is 2.12. The summed E-state index contributed by atoms with van der Waals surface area (Å²) in [7, 11) is 0. The topological polar surface area (TPSA) is 12.0 Å². The Morgan fingerprint density at radius 3 is 2.88 bits per heavy atom. The minimum atomic E-state index is 0.598. The van der Waals surface area contributed by atoms with Crippen molar-refractivity contribution in [3.8, 4) is 0 Å². The molecule has 2 atom stereocenters. The minimum Gasteiger partial charge on any atom is -0.307 e. The van der Waals surface area contributed by atoms with E-state index in [4.69, 9.17) is 0 Å². The van der Waals surface area contributed by atoms with Crippen molar-refractivity contribution in [2.45, 2.75) is 52.1 Å². The lowest BCUT2D eigenvalue weighted by Crippen LogP contribution is -2.35. The van der Waals surface area contributed by atoms with Crippen LogP contribution in [-0.2, 0) is 6.42 Å². The van der Waals surface area contributed by atoms with Crippen LogP contribution in [0.15, 0.2) is 6.07 Å². The Labute approximate surface area is 116 Å². The molecule has 1 aliphatic rings. The van der Waals surface area contributed by atoms with Crippen LogP contribution in [0.25, 0.3) is 0 Å². The van der Waals surface area contributed by atoms with Crippen molar-refractivity contribution in [2.75, 3.05) is 0 Å². The summed E-state index contributed by atoms with van der Waals surface area (Å²) in [5.41, 5.74) is 1.58. The number of hydrogen-bond acceptors (Lipinski definition) is 2. The van der Waals surface area contributed by atoms with Gasteiger partial charge in [-0.1, -0.05) is 13.8 Å². The van der Waals surface area contributed by atoms with E-state index in [-0.39, 0.29) is 0 Å². The molecule has 0 spiro atoms. The molecule has 0 bridgehead atoms. The second kappa shape index (κ2) is 5.36. The van der Waals surface area contributed by atoms with Crippen LogP contribution in [0.2, 0.25) is 0 Å². The second-order valence-corrected chi connectivity index (χ2v) is 8.10. The first-order valence-corrected chi connectivity index (χ1v) is 8.01. The molecule has 1 aliphatic carbocycles. The number of halogens is 1. The third-order valence-corrected chi connectivity index (χ3v) is 5.52. The van der Waals surface area contributed by atoms with Crippen molar-refractivity contribution in [1.29, 1.82) is 0 Å². The van der Waals surface area contributed by atoms with Gasteiger partial charge in [-0.15, -0.1) is 11.3 Å². The van der Waals surface area contributed by atoms with E-state index in [1.165, 1.54) is 22.1 Å². The smallest absolute Gasteiger partial charge is 0.0659 e. The molecule has 90 valence electrons. The molecular formula is C13H20INS. The quantitative estimate of drug-likeness (QED) is 0.800. The summed E-state index contributed by atoms with van der Waals surface area (Å²) >= 11 is 4.42. The summed E-state index contributed by atoms with van der Waals surface area (Å²) in [6.45, 7) is 6.88. The van der Waals surface area contributed by atoms with Crippen LogP contribution in [0.3, 0.4) is 0 Å². The summed E-state index contributed by atoms with van der Waals surface area (Å²) in [4.78, 5) is 1.61. The Bertz CT molecular complexity index is 359. The summed E-state index contributed by atoms with van der Waals surface area (Å²) in [6.07, 6.45) is 3.93. The van der Waals surface area contributed by atoms with Crippen LogP contribution < -0.4 is 5.32 Å². The predicted octanol–water partition coefficient (Wildman–Crippen LogP) is 4.36. The number of nitrogens with one attached hydrogen (secondary N) is 1. The summed E-state index contributed by atoms with van der Waals surface area (Å²) < 4.78 is 1.44. The van der Waals surface area contributed by atoms with Gasteiger partial charge in [0.05, 0.1) is 2.88 Å². The average Bonchev–Trinajstić information content (AvgIpc) is 2.59. The van der Waals surface area contributed by atoms with Gasteiger partial charge in [0.15, 0.2) is 0 Å². The van der Waals surface area contributed by atoms with E-state index in [1.54, 1.807) is 10.4 Å². The van der Waals surface area contributed by atoms with Gasteiger partial charge < -0.3 is 5.32 Å². The molecule has 0 aromatic carbocycles. The zero-order valence-electron chi connectivity index (χ0n) is 10.2. The number of fused-ring (bicyclic) bond motifs is 1. The Morgan fingerprint density at radius 1 is 1.44 bits per heavy atom. The maximum Gasteiger partial charge on any atom is 0.0659 e. The molecule has 0 fully saturated rings. The highest BCUT2D eigenvalue weighted by molar-refractivity contribution is 14.1. The number of hydrogen-bond donors (Lipinski definition) is 1. The number of rotatable bonds is 3. The first-order valence-electron chi connectivity index (χ1n) is 6.12. The van der Waals surface area contributed by atoms with Crippen LogP contribution in [-0.4, -0.2) is 6.04 Å². The molecule has 1 heterocycles. The maximum atomic E-state index is 3.79. The Hall–Kier alpha value is 0.390. The molecule has 1 aromatic rings. The molecule has 3 heteroatoms. The average molecular weight is 349 g/mol. The molecule has 1 nitrogen and oxygen atoms in total. The van der Waals surface area contributed by atoms with E-state index < -0.39 is 0 Å². The molecular weight excluding hydrogens is 329 g/mol. The zero-order chi connectivity index (χ0) is 11.7. The predicted molar refractivity (Wildman–Crippen MR) is 80.2 cm³/mol. The number of aryl methyl sites for hydroxylation is 1. The highest BCUT2D eigenvalue weighted by Gasteiger charge is 2.24. The van der Waals surface area contributed by atoms with E-state index in [0.29, 0.717) is 18.0 Å². The molecule has 1 N–H and O–H groups in total. The van der Waals surface area contributed by atoms with E-state index >= 15 is 0 Å². The van der Waals surface area contributed by atoms with Crippen molar-refractivity contribution in [3.63, 3.8) is 0 Å². The molecule has 0 saturated heterocycles. The monoisotopic (exact) mass is 349 g/mol. The molecule has 0 radical (unpaired) electrons. The lowest BCUT2D eigenvalue weighted by atomic mass is 9.92. The third kappa shape index (κ3) is 2.79. The van der Waals surface area contributed by atoms with E-state index in [0.717, 1.165) is 0 Å². The van der Waals surface area contributed by atoms with Gasteiger partial charge in [0.1, 0.15) is 0 Å². The fourth-order valence-electron chi connectivity index (χ4n) is 2.20. The standard InChI is InChI=1S/C13H20INS/c1-8(2)9(3)15-11-5-4-6-12-10(11)7-13(14)16-12/h7-9,11,15H,4-6H2,1-3H3. The molecule has 2 unspecified atom stereocenters. The Morgan fingerprint density at radius 2 is 2.19 bits per heavy atom. The third-order valence-electron chi connectivity index (χ3n) is 3.55. The molecule has 0 aliphatic heterocycles. The van der Waals surface area contributed by atoms with Crippen molar-refractivity contribution in [3.05, 3.63) is 19.4 Å². The first-order chi connectivity index (χ1) is 7.58. The first kappa shape index (κ1) is 12.8. The van der Waals surface area contributed by atoms with Gasteiger partial charge in [-0.2, -0.15) is 0 Å². The van der Waals surface area contributed by atoms with Crippen LogP contribution in [0.1, 0.15) is 50.1 Å². The van der Waals surface area contributed by atoms with Crippen LogP contribution in [0, 0.1) is 8.80 Å². The lowest BCUT2D eigenvalue weighted by molar-refractivity contribution is 0.352. The number of thiophene rings is 1. The molecule has 1 aromatic heterocycles. The fourth-order valence-corrected chi connectivity index (χ4v) is 4.32.